The molecule has 1 aliphatic rings. The van der Waals surface area contributed by atoms with Gasteiger partial charge in [-0.1, -0.05) is 0 Å². The normalized spacial score (nSPS) is 26.0. The first kappa shape index (κ1) is 11.0. The van der Waals surface area contributed by atoms with Crippen molar-refractivity contribution in [2.45, 2.75) is 25.0 Å². The largest absolute Gasteiger partial charge is 0.388 e. The Balaban J connectivity index is 1.97. The van der Waals surface area contributed by atoms with Gasteiger partial charge in [-0.2, -0.15) is 0 Å². The van der Waals surface area contributed by atoms with E-state index in [2.05, 4.69) is 10.3 Å². The molecule has 2 N–H and O–H groups in total. The second-order valence-corrected chi connectivity index (χ2v) is 4.94. The quantitative estimate of drug-likeness (QED) is 0.790. The van der Waals surface area contributed by atoms with Gasteiger partial charge in [-0.15, -0.1) is 11.3 Å². The number of hydrogen-bond acceptors (Lipinski definition) is 5. The van der Waals surface area contributed by atoms with E-state index < -0.39 is 5.60 Å². The molecule has 1 aromatic heterocycles. The van der Waals surface area contributed by atoms with E-state index in [0.717, 1.165) is 23.7 Å². The first-order chi connectivity index (χ1) is 7.22. The van der Waals surface area contributed by atoms with Crippen molar-refractivity contribution in [3.63, 3.8) is 0 Å². The molecule has 15 heavy (non-hydrogen) atoms. The highest BCUT2D eigenvalue weighted by Crippen LogP contribution is 2.21. The molecular weight excluding hydrogens is 212 g/mol. The second kappa shape index (κ2) is 4.57. The SMILES string of the molecule is COCc1nc(CC2(O)CCNC2)cs1. The van der Waals surface area contributed by atoms with Crippen LogP contribution in [0.25, 0.3) is 0 Å². The number of β-amino-alcohol motifs (C(OH)–C–C–N with tert-alkyl or cyclic N) is 1. The monoisotopic (exact) mass is 228 g/mol. The van der Waals surface area contributed by atoms with Crippen molar-refractivity contribution in [1.29, 1.82) is 0 Å². The molecule has 5 heteroatoms. The average Bonchev–Trinajstić information content (AvgIpc) is 2.77. The van der Waals surface area contributed by atoms with Crippen molar-refractivity contribution < 1.29 is 9.84 Å². The molecule has 0 bridgehead atoms. The number of nitrogens with one attached hydrogen (secondary N) is 1. The summed E-state index contributed by atoms with van der Waals surface area (Å²) in [6, 6.07) is 0. The van der Waals surface area contributed by atoms with Gasteiger partial charge in [0.05, 0.1) is 17.9 Å². The molecule has 0 spiro atoms. The van der Waals surface area contributed by atoms with Crippen LogP contribution in [0.1, 0.15) is 17.1 Å². The molecule has 4 nitrogen and oxygen atoms in total. The zero-order valence-electron chi connectivity index (χ0n) is 8.82. The van der Waals surface area contributed by atoms with Crippen LogP contribution in [-0.4, -0.2) is 35.9 Å². The standard InChI is InChI=1S/C10H16N2O2S/c1-14-5-9-12-8(6-15-9)4-10(13)2-3-11-7-10/h6,11,13H,2-5,7H2,1H3. The molecule has 0 radical (unpaired) electrons. The topological polar surface area (TPSA) is 54.4 Å². The zero-order valence-corrected chi connectivity index (χ0v) is 9.64. The molecule has 2 rings (SSSR count). The van der Waals surface area contributed by atoms with E-state index in [4.69, 9.17) is 4.74 Å². The third kappa shape index (κ3) is 2.75. The lowest BCUT2D eigenvalue weighted by Crippen LogP contribution is -2.33. The van der Waals surface area contributed by atoms with Crippen molar-refractivity contribution in [1.82, 2.24) is 10.3 Å². The van der Waals surface area contributed by atoms with Gasteiger partial charge in [-0.05, 0) is 13.0 Å². The van der Waals surface area contributed by atoms with Crippen molar-refractivity contribution in [3.8, 4) is 0 Å². The summed E-state index contributed by atoms with van der Waals surface area (Å²) in [6.45, 7) is 2.12. The Morgan fingerprint density at radius 3 is 3.27 bits per heavy atom. The maximum atomic E-state index is 10.2. The molecule has 2 heterocycles. The molecule has 0 saturated carbocycles. The van der Waals surface area contributed by atoms with Gasteiger partial charge >= 0.3 is 0 Å². The number of thiazole rings is 1. The number of nitrogens with zero attached hydrogens (tertiary/aromatic N) is 1. The molecule has 1 unspecified atom stereocenters. The summed E-state index contributed by atoms with van der Waals surface area (Å²) in [4.78, 5) is 4.41. The van der Waals surface area contributed by atoms with Crippen LogP contribution in [0, 0.1) is 0 Å². The predicted molar refractivity (Wildman–Crippen MR) is 59.0 cm³/mol. The summed E-state index contributed by atoms with van der Waals surface area (Å²) in [5.74, 6) is 0. The third-order valence-electron chi connectivity index (χ3n) is 2.60. The van der Waals surface area contributed by atoms with Crippen LogP contribution in [0.3, 0.4) is 0 Å². The Bertz CT molecular complexity index is 321. The molecule has 0 aliphatic carbocycles. The molecule has 1 atom stereocenters. The Morgan fingerprint density at radius 2 is 2.60 bits per heavy atom. The van der Waals surface area contributed by atoms with Crippen molar-refractivity contribution in [2.24, 2.45) is 0 Å². The smallest absolute Gasteiger partial charge is 0.119 e. The molecule has 1 saturated heterocycles. The molecule has 1 aromatic rings. The van der Waals surface area contributed by atoms with E-state index in [9.17, 15) is 5.11 Å². The van der Waals surface area contributed by atoms with Gasteiger partial charge in [0, 0.05) is 25.5 Å². The summed E-state index contributed by atoms with van der Waals surface area (Å²) in [5, 5.41) is 16.3. The number of rotatable bonds is 4. The third-order valence-corrected chi connectivity index (χ3v) is 3.47. The highest BCUT2D eigenvalue weighted by molar-refractivity contribution is 7.09. The Kier molecular flexibility index (Phi) is 3.35. The number of aromatic nitrogens is 1. The maximum absolute atomic E-state index is 10.2. The van der Waals surface area contributed by atoms with E-state index in [1.807, 2.05) is 5.38 Å². The highest BCUT2D eigenvalue weighted by Gasteiger charge is 2.31. The second-order valence-electron chi connectivity index (χ2n) is 3.99. The molecule has 84 valence electrons. The number of methoxy groups -OCH3 is 1. The van der Waals surface area contributed by atoms with Crippen LogP contribution in [0.4, 0.5) is 0 Å². The van der Waals surface area contributed by atoms with Gasteiger partial charge in [0.15, 0.2) is 0 Å². The van der Waals surface area contributed by atoms with Crippen molar-refractivity contribution in [2.75, 3.05) is 20.2 Å². The highest BCUT2D eigenvalue weighted by atomic mass is 32.1. The Hall–Kier alpha value is -0.490. The first-order valence-electron chi connectivity index (χ1n) is 5.07. The van der Waals surface area contributed by atoms with E-state index in [1.54, 1.807) is 18.4 Å². The summed E-state index contributed by atoms with van der Waals surface area (Å²) >= 11 is 1.59. The van der Waals surface area contributed by atoms with Crippen LogP contribution in [0.15, 0.2) is 5.38 Å². The van der Waals surface area contributed by atoms with Gasteiger partial charge in [-0.25, -0.2) is 4.98 Å². The fourth-order valence-electron chi connectivity index (χ4n) is 1.84. The summed E-state index contributed by atoms with van der Waals surface area (Å²) < 4.78 is 5.01. The van der Waals surface area contributed by atoms with Crippen LogP contribution in [-0.2, 0) is 17.8 Å². The minimum atomic E-state index is -0.599. The number of hydrogen-bond donors (Lipinski definition) is 2. The average molecular weight is 228 g/mol. The summed E-state index contributed by atoms with van der Waals surface area (Å²) in [5.41, 5.74) is 0.372. The Labute approximate surface area is 93.3 Å². The van der Waals surface area contributed by atoms with Crippen LogP contribution in [0.2, 0.25) is 0 Å². The fourth-order valence-corrected chi connectivity index (χ4v) is 2.60. The van der Waals surface area contributed by atoms with Gasteiger partial charge in [-0.3, -0.25) is 0 Å². The van der Waals surface area contributed by atoms with E-state index in [-0.39, 0.29) is 0 Å². The molecule has 0 aromatic carbocycles. The minimum Gasteiger partial charge on any atom is -0.388 e. The molecular formula is C10H16N2O2S. The predicted octanol–water partition coefficient (Wildman–Crippen LogP) is 0.556. The molecule has 1 aliphatic heterocycles. The van der Waals surface area contributed by atoms with Gasteiger partial charge in [0.2, 0.25) is 0 Å². The maximum Gasteiger partial charge on any atom is 0.119 e. The lowest BCUT2D eigenvalue weighted by atomic mass is 9.97. The van der Waals surface area contributed by atoms with E-state index in [0.29, 0.717) is 19.6 Å². The van der Waals surface area contributed by atoms with Crippen molar-refractivity contribution in [3.05, 3.63) is 16.1 Å². The summed E-state index contributed by atoms with van der Waals surface area (Å²) in [6.07, 6.45) is 1.45. The van der Waals surface area contributed by atoms with Crippen LogP contribution >= 0.6 is 11.3 Å². The van der Waals surface area contributed by atoms with Crippen molar-refractivity contribution >= 4 is 11.3 Å². The molecule has 0 amide bonds. The Morgan fingerprint density at radius 1 is 1.73 bits per heavy atom. The van der Waals surface area contributed by atoms with Gasteiger partial charge in [0.25, 0.3) is 0 Å². The number of ether oxygens (including phenoxy) is 1. The minimum absolute atomic E-state index is 0.557. The van der Waals surface area contributed by atoms with Gasteiger partial charge in [0.1, 0.15) is 5.01 Å². The van der Waals surface area contributed by atoms with Crippen LogP contribution in [0.5, 0.6) is 0 Å². The number of aliphatic hydroxyl groups is 1. The van der Waals surface area contributed by atoms with Crippen LogP contribution < -0.4 is 5.32 Å². The zero-order chi connectivity index (χ0) is 10.7. The fraction of sp³-hybridized carbons (Fsp3) is 0.700. The lowest BCUT2D eigenvalue weighted by molar-refractivity contribution is 0.0609. The first-order valence-corrected chi connectivity index (χ1v) is 5.95. The van der Waals surface area contributed by atoms with Gasteiger partial charge < -0.3 is 15.2 Å². The lowest BCUT2D eigenvalue weighted by Gasteiger charge is -2.19. The summed E-state index contributed by atoms with van der Waals surface area (Å²) in [7, 11) is 1.66. The van der Waals surface area contributed by atoms with E-state index >= 15 is 0 Å². The van der Waals surface area contributed by atoms with E-state index in [1.165, 1.54) is 0 Å². The molecule has 1 fully saturated rings.